The lowest BCUT2D eigenvalue weighted by atomic mass is 10.0. The SMILES string of the molecule is O=C1Cc2cc(S(=O)(=O)N[C@H](c3ccccc3)c3ccncc3)ccc2N1. The van der Waals surface area contributed by atoms with Crippen molar-refractivity contribution in [2.45, 2.75) is 17.4 Å². The molecule has 0 saturated heterocycles. The van der Waals surface area contributed by atoms with Crippen LogP contribution in [0, 0.1) is 0 Å². The summed E-state index contributed by atoms with van der Waals surface area (Å²) in [7, 11) is -3.80. The molecule has 4 rings (SSSR count). The monoisotopic (exact) mass is 379 g/mol. The van der Waals surface area contributed by atoms with Crippen molar-refractivity contribution < 1.29 is 13.2 Å². The van der Waals surface area contributed by atoms with Gasteiger partial charge in [-0.15, -0.1) is 0 Å². The number of amides is 1. The van der Waals surface area contributed by atoms with Crippen LogP contribution in [-0.2, 0) is 21.2 Å². The zero-order chi connectivity index (χ0) is 18.9. The molecule has 1 aromatic heterocycles. The summed E-state index contributed by atoms with van der Waals surface area (Å²) in [5, 5.41) is 2.71. The molecule has 0 bridgehead atoms. The molecule has 1 aliphatic heterocycles. The average Bonchev–Trinajstić information content (AvgIpc) is 3.07. The second-order valence-corrected chi connectivity index (χ2v) is 8.00. The number of carbonyl (C=O) groups is 1. The molecular formula is C20H17N3O3S. The Morgan fingerprint density at radius 3 is 2.41 bits per heavy atom. The average molecular weight is 379 g/mol. The number of nitrogens with one attached hydrogen (secondary N) is 2. The summed E-state index contributed by atoms with van der Waals surface area (Å²) >= 11 is 0. The van der Waals surface area contributed by atoms with Gasteiger partial charge in [-0.1, -0.05) is 30.3 Å². The molecule has 0 saturated carbocycles. The number of hydrogen-bond donors (Lipinski definition) is 2. The fourth-order valence-corrected chi connectivity index (χ4v) is 4.39. The highest BCUT2D eigenvalue weighted by Gasteiger charge is 2.25. The Morgan fingerprint density at radius 1 is 0.963 bits per heavy atom. The first-order valence-corrected chi connectivity index (χ1v) is 9.91. The molecule has 136 valence electrons. The summed E-state index contributed by atoms with van der Waals surface area (Å²) in [4.78, 5) is 15.7. The van der Waals surface area contributed by atoms with Crippen LogP contribution in [0.4, 0.5) is 5.69 Å². The van der Waals surface area contributed by atoms with E-state index in [1.54, 1.807) is 36.7 Å². The first kappa shape index (κ1) is 17.4. The number of hydrogen-bond acceptors (Lipinski definition) is 4. The smallest absolute Gasteiger partial charge is 0.241 e. The highest BCUT2D eigenvalue weighted by Crippen LogP contribution is 2.28. The van der Waals surface area contributed by atoms with Crippen LogP contribution in [0.2, 0.25) is 0 Å². The van der Waals surface area contributed by atoms with E-state index in [9.17, 15) is 13.2 Å². The standard InChI is InChI=1S/C20H17N3O3S/c24-19-13-16-12-17(6-7-18(16)22-19)27(25,26)23-20(14-4-2-1-3-5-14)15-8-10-21-11-9-15/h1-12,20,23H,13H2,(H,22,24)/t20-/m1/s1. The summed E-state index contributed by atoms with van der Waals surface area (Å²) in [6.07, 6.45) is 3.45. The van der Waals surface area contributed by atoms with Gasteiger partial charge in [-0.05, 0) is 47.0 Å². The number of pyridine rings is 1. The minimum absolute atomic E-state index is 0.132. The van der Waals surface area contributed by atoms with E-state index in [2.05, 4.69) is 15.0 Å². The largest absolute Gasteiger partial charge is 0.326 e. The molecule has 0 aliphatic carbocycles. The van der Waals surface area contributed by atoms with Gasteiger partial charge >= 0.3 is 0 Å². The number of aromatic nitrogens is 1. The Balaban J connectivity index is 1.71. The number of anilines is 1. The van der Waals surface area contributed by atoms with Crippen molar-refractivity contribution >= 4 is 21.6 Å². The fraction of sp³-hybridized carbons (Fsp3) is 0.100. The maximum absolute atomic E-state index is 13.0. The molecule has 1 atom stereocenters. The number of benzene rings is 2. The van der Waals surface area contributed by atoms with Crippen molar-refractivity contribution in [3.63, 3.8) is 0 Å². The Morgan fingerprint density at radius 2 is 1.67 bits per heavy atom. The Labute approximate surface area is 157 Å². The summed E-state index contributed by atoms with van der Waals surface area (Å²) in [6, 6.07) is 17.0. The van der Waals surface area contributed by atoms with E-state index in [4.69, 9.17) is 0 Å². The molecular weight excluding hydrogens is 362 g/mol. The van der Waals surface area contributed by atoms with Crippen LogP contribution < -0.4 is 10.0 Å². The summed E-state index contributed by atoms with van der Waals surface area (Å²) < 4.78 is 28.9. The molecule has 2 aromatic carbocycles. The van der Waals surface area contributed by atoms with Crippen LogP contribution in [-0.4, -0.2) is 19.3 Å². The topological polar surface area (TPSA) is 88.2 Å². The fourth-order valence-electron chi connectivity index (χ4n) is 3.13. The molecule has 0 spiro atoms. The zero-order valence-electron chi connectivity index (χ0n) is 14.3. The third-order valence-electron chi connectivity index (χ3n) is 4.46. The molecule has 7 heteroatoms. The Kier molecular flexibility index (Phi) is 4.47. The maximum atomic E-state index is 13.0. The van der Waals surface area contributed by atoms with Crippen molar-refractivity contribution in [2.24, 2.45) is 0 Å². The first-order chi connectivity index (χ1) is 13.0. The predicted octanol–water partition coefficient (Wildman–Crippen LogP) is 2.64. The zero-order valence-corrected chi connectivity index (χ0v) is 15.1. The highest BCUT2D eigenvalue weighted by atomic mass is 32.2. The van der Waals surface area contributed by atoms with Gasteiger partial charge in [0.05, 0.1) is 17.4 Å². The van der Waals surface area contributed by atoms with Gasteiger partial charge < -0.3 is 5.32 Å². The van der Waals surface area contributed by atoms with Gasteiger partial charge in [0.1, 0.15) is 0 Å². The van der Waals surface area contributed by atoms with E-state index in [0.717, 1.165) is 11.1 Å². The van der Waals surface area contributed by atoms with E-state index < -0.39 is 16.1 Å². The van der Waals surface area contributed by atoms with Gasteiger partial charge in [0.15, 0.2) is 0 Å². The molecule has 0 fully saturated rings. The van der Waals surface area contributed by atoms with Crippen LogP contribution in [0.3, 0.4) is 0 Å². The summed E-state index contributed by atoms with van der Waals surface area (Å²) in [6.45, 7) is 0. The minimum atomic E-state index is -3.80. The molecule has 3 aromatic rings. The van der Waals surface area contributed by atoms with Crippen molar-refractivity contribution in [3.05, 3.63) is 89.7 Å². The molecule has 2 N–H and O–H groups in total. The molecule has 1 aliphatic rings. The Hall–Kier alpha value is -3.03. The lowest BCUT2D eigenvalue weighted by Crippen LogP contribution is -2.29. The predicted molar refractivity (Wildman–Crippen MR) is 102 cm³/mol. The lowest BCUT2D eigenvalue weighted by molar-refractivity contribution is -0.115. The molecule has 2 heterocycles. The second-order valence-electron chi connectivity index (χ2n) is 6.29. The van der Waals surface area contributed by atoms with Crippen LogP contribution in [0.25, 0.3) is 0 Å². The number of nitrogens with zero attached hydrogens (tertiary/aromatic N) is 1. The van der Waals surface area contributed by atoms with Crippen LogP contribution in [0.5, 0.6) is 0 Å². The number of rotatable bonds is 5. The van der Waals surface area contributed by atoms with E-state index in [-0.39, 0.29) is 17.2 Å². The highest BCUT2D eigenvalue weighted by molar-refractivity contribution is 7.89. The van der Waals surface area contributed by atoms with Crippen molar-refractivity contribution in [2.75, 3.05) is 5.32 Å². The molecule has 6 nitrogen and oxygen atoms in total. The third kappa shape index (κ3) is 3.60. The van der Waals surface area contributed by atoms with Gasteiger partial charge in [0.25, 0.3) is 0 Å². The molecule has 27 heavy (non-hydrogen) atoms. The van der Waals surface area contributed by atoms with Crippen LogP contribution in [0.1, 0.15) is 22.7 Å². The second kappa shape index (κ2) is 6.94. The quantitative estimate of drug-likeness (QED) is 0.713. The van der Waals surface area contributed by atoms with Gasteiger partial charge in [-0.2, -0.15) is 4.72 Å². The first-order valence-electron chi connectivity index (χ1n) is 8.43. The molecule has 0 unspecified atom stereocenters. The van der Waals surface area contributed by atoms with E-state index in [1.807, 2.05) is 30.3 Å². The number of carbonyl (C=O) groups excluding carboxylic acids is 1. The van der Waals surface area contributed by atoms with Crippen LogP contribution in [0.15, 0.2) is 78.0 Å². The van der Waals surface area contributed by atoms with Crippen molar-refractivity contribution in [1.82, 2.24) is 9.71 Å². The normalized spacial score (nSPS) is 14.4. The van der Waals surface area contributed by atoms with Gasteiger partial charge in [0.2, 0.25) is 15.9 Å². The van der Waals surface area contributed by atoms with E-state index in [0.29, 0.717) is 11.3 Å². The minimum Gasteiger partial charge on any atom is -0.326 e. The summed E-state index contributed by atoms with van der Waals surface area (Å²) in [5.41, 5.74) is 2.96. The van der Waals surface area contributed by atoms with Gasteiger partial charge in [0, 0.05) is 18.1 Å². The number of fused-ring (bicyclic) bond motifs is 1. The lowest BCUT2D eigenvalue weighted by Gasteiger charge is -2.20. The molecule has 0 radical (unpaired) electrons. The van der Waals surface area contributed by atoms with Crippen LogP contribution >= 0.6 is 0 Å². The van der Waals surface area contributed by atoms with Crippen molar-refractivity contribution in [1.29, 1.82) is 0 Å². The Bertz CT molecular complexity index is 1040. The van der Waals surface area contributed by atoms with Crippen molar-refractivity contribution in [3.8, 4) is 0 Å². The third-order valence-corrected chi connectivity index (χ3v) is 5.88. The maximum Gasteiger partial charge on any atom is 0.241 e. The molecule has 1 amide bonds. The van der Waals surface area contributed by atoms with E-state index >= 15 is 0 Å². The summed E-state index contributed by atoms with van der Waals surface area (Å²) in [5.74, 6) is -0.133. The van der Waals surface area contributed by atoms with E-state index in [1.165, 1.54) is 6.07 Å². The van der Waals surface area contributed by atoms with Gasteiger partial charge in [-0.25, -0.2) is 8.42 Å². The number of sulfonamides is 1. The van der Waals surface area contributed by atoms with Gasteiger partial charge in [-0.3, -0.25) is 9.78 Å².